The third-order valence-electron chi connectivity index (χ3n) is 5.31. The molecule has 2 heteroatoms. The van der Waals surface area contributed by atoms with Crippen LogP contribution < -0.4 is 0 Å². The number of benzene rings is 3. The van der Waals surface area contributed by atoms with Crippen molar-refractivity contribution in [1.82, 2.24) is 9.97 Å². The van der Waals surface area contributed by atoms with Crippen LogP contribution in [0, 0.1) is 0 Å². The fourth-order valence-corrected chi connectivity index (χ4v) is 3.77. The molecule has 136 valence electrons. The normalized spacial score (nSPS) is 12.4. The fourth-order valence-electron chi connectivity index (χ4n) is 3.77. The largest absolute Gasteiger partial charge is 0.341 e. The van der Waals surface area contributed by atoms with E-state index in [9.17, 15) is 0 Å². The van der Waals surface area contributed by atoms with Crippen molar-refractivity contribution >= 4 is 10.8 Å². The molecular weight excluding hydrogens is 328 g/mol. The zero-order valence-electron chi connectivity index (χ0n) is 16.1. The van der Waals surface area contributed by atoms with Crippen molar-refractivity contribution in [3.8, 4) is 22.6 Å². The number of imidazole rings is 1. The first-order chi connectivity index (χ1) is 13.3. The molecule has 0 saturated heterocycles. The van der Waals surface area contributed by atoms with E-state index in [4.69, 9.17) is 4.98 Å². The Morgan fingerprint density at radius 1 is 0.889 bits per heavy atom. The third kappa shape index (κ3) is 3.52. The van der Waals surface area contributed by atoms with Gasteiger partial charge in [-0.3, -0.25) is 0 Å². The Labute approximate surface area is 161 Å². The quantitative estimate of drug-likeness (QED) is 0.390. The van der Waals surface area contributed by atoms with E-state index in [1.54, 1.807) is 0 Å². The van der Waals surface area contributed by atoms with Crippen LogP contribution in [0.5, 0.6) is 0 Å². The van der Waals surface area contributed by atoms with E-state index in [-0.39, 0.29) is 0 Å². The Morgan fingerprint density at radius 3 is 2.44 bits per heavy atom. The number of hydrogen-bond donors (Lipinski definition) is 1. The van der Waals surface area contributed by atoms with E-state index < -0.39 is 0 Å². The Hall–Kier alpha value is -2.87. The average Bonchev–Trinajstić information content (AvgIpc) is 3.17. The van der Waals surface area contributed by atoms with Gasteiger partial charge < -0.3 is 4.98 Å². The molecule has 0 aliphatic heterocycles. The van der Waals surface area contributed by atoms with E-state index in [2.05, 4.69) is 91.6 Å². The highest BCUT2D eigenvalue weighted by molar-refractivity contribution is 5.95. The maximum Gasteiger partial charge on any atom is 0.138 e. The molecule has 0 spiro atoms. The SMILES string of the molecule is CCCCC(C)c1[nH]c(-c2cccc3ccccc23)nc1-c1ccccc1. The minimum absolute atomic E-state index is 0.455. The van der Waals surface area contributed by atoms with Gasteiger partial charge in [-0.1, -0.05) is 99.5 Å². The molecule has 1 aromatic heterocycles. The number of fused-ring (bicyclic) bond motifs is 1. The van der Waals surface area contributed by atoms with Crippen molar-refractivity contribution in [2.75, 3.05) is 0 Å². The highest BCUT2D eigenvalue weighted by Crippen LogP contribution is 2.34. The molecule has 1 heterocycles. The smallest absolute Gasteiger partial charge is 0.138 e. The zero-order valence-corrected chi connectivity index (χ0v) is 16.1. The number of hydrogen-bond acceptors (Lipinski definition) is 1. The summed E-state index contributed by atoms with van der Waals surface area (Å²) in [5.41, 5.74) is 4.68. The lowest BCUT2D eigenvalue weighted by molar-refractivity contribution is 0.615. The maximum absolute atomic E-state index is 5.07. The van der Waals surface area contributed by atoms with Crippen molar-refractivity contribution in [3.05, 3.63) is 78.5 Å². The van der Waals surface area contributed by atoms with Gasteiger partial charge in [0.25, 0.3) is 0 Å². The van der Waals surface area contributed by atoms with Crippen LogP contribution in [-0.4, -0.2) is 9.97 Å². The van der Waals surface area contributed by atoms with Gasteiger partial charge in [0.15, 0.2) is 0 Å². The summed E-state index contributed by atoms with van der Waals surface area (Å²) in [5.74, 6) is 1.42. The van der Waals surface area contributed by atoms with Crippen LogP contribution in [-0.2, 0) is 0 Å². The summed E-state index contributed by atoms with van der Waals surface area (Å²) in [4.78, 5) is 8.76. The fraction of sp³-hybridized carbons (Fsp3) is 0.240. The third-order valence-corrected chi connectivity index (χ3v) is 5.31. The lowest BCUT2D eigenvalue weighted by Gasteiger charge is -2.11. The first-order valence-corrected chi connectivity index (χ1v) is 9.91. The number of rotatable bonds is 6. The first kappa shape index (κ1) is 17.5. The summed E-state index contributed by atoms with van der Waals surface area (Å²) in [6.45, 7) is 4.56. The molecule has 0 saturated carbocycles. The lowest BCUT2D eigenvalue weighted by Crippen LogP contribution is -1.97. The minimum Gasteiger partial charge on any atom is -0.341 e. The van der Waals surface area contributed by atoms with E-state index in [0.29, 0.717) is 5.92 Å². The number of aromatic nitrogens is 2. The molecule has 3 aromatic carbocycles. The minimum atomic E-state index is 0.455. The summed E-state index contributed by atoms with van der Waals surface area (Å²) in [6.07, 6.45) is 3.63. The predicted molar refractivity (Wildman–Crippen MR) is 115 cm³/mol. The van der Waals surface area contributed by atoms with Crippen LogP contribution in [0.15, 0.2) is 72.8 Å². The van der Waals surface area contributed by atoms with Crippen molar-refractivity contribution in [1.29, 1.82) is 0 Å². The molecule has 0 aliphatic carbocycles. The molecule has 1 N–H and O–H groups in total. The van der Waals surface area contributed by atoms with Gasteiger partial charge in [0.2, 0.25) is 0 Å². The predicted octanol–water partition coefficient (Wildman–Crippen LogP) is 7.19. The molecule has 27 heavy (non-hydrogen) atoms. The molecule has 0 radical (unpaired) electrons. The van der Waals surface area contributed by atoms with Crippen LogP contribution in [0.4, 0.5) is 0 Å². The summed E-state index contributed by atoms with van der Waals surface area (Å²) < 4.78 is 0. The zero-order chi connectivity index (χ0) is 18.6. The van der Waals surface area contributed by atoms with E-state index in [0.717, 1.165) is 11.5 Å². The second-order valence-corrected chi connectivity index (χ2v) is 7.28. The first-order valence-electron chi connectivity index (χ1n) is 9.91. The van der Waals surface area contributed by atoms with Gasteiger partial charge in [-0.25, -0.2) is 4.98 Å². The van der Waals surface area contributed by atoms with Crippen LogP contribution in [0.25, 0.3) is 33.4 Å². The molecule has 0 fully saturated rings. The number of nitrogens with one attached hydrogen (secondary N) is 1. The van der Waals surface area contributed by atoms with Crippen LogP contribution in [0.1, 0.15) is 44.7 Å². The Morgan fingerprint density at radius 2 is 1.63 bits per heavy atom. The Kier molecular flexibility index (Phi) is 5.06. The monoisotopic (exact) mass is 354 g/mol. The summed E-state index contributed by atoms with van der Waals surface area (Å²) in [7, 11) is 0. The van der Waals surface area contributed by atoms with Gasteiger partial charge in [-0.2, -0.15) is 0 Å². The van der Waals surface area contributed by atoms with Gasteiger partial charge in [0.05, 0.1) is 5.69 Å². The molecule has 1 atom stereocenters. The highest BCUT2D eigenvalue weighted by Gasteiger charge is 2.19. The molecule has 1 unspecified atom stereocenters. The number of aromatic amines is 1. The Balaban J connectivity index is 1.86. The molecule has 2 nitrogen and oxygen atoms in total. The molecule has 0 bridgehead atoms. The van der Waals surface area contributed by atoms with Crippen molar-refractivity contribution < 1.29 is 0 Å². The lowest BCUT2D eigenvalue weighted by atomic mass is 9.97. The standard InChI is InChI=1S/C25H26N2/c1-3-4-11-18(2)23-24(20-13-6-5-7-14-20)27-25(26-23)22-17-10-15-19-12-8-9-16-21(19)22/h5-10,12-18H,3-4,11H2,1-2H3,(H,26,27). The second-order valence-electron chi connectivity index (χ2n) is 7.28. The van der Waals surface area contributed by atoms with E-state index in [1.165, 1.54) is 46.9 Å². The van der Waals surface area contributed by atoms with E-state index in [1.807, 2.05) is 0 Å². The maximum atomic E-state index is 5.07. The van der Waals surface area contributed by atoms with Crippen molar-refractivity contribution in [2.45, 2.75) is 39.0 Å². The van der Waals surface area contributed by atoms with Crippen molar-refractivity contribution in [2.24, 2.45) is 0 Å². The summed E-state index contributed by atoms with van der Waals surface area (Å²) in [6, 6.07) is 25.5. The molecule has 4 aromatic rings. The highest BCUT2D eigenvalue weighted by atomic mass is 14.9. The van der Waals surface area contributed by atoms with Crippen LogP contribution >= 0.6 is 0 Å². The molecule has 0 amide bonds. The van der Waals surface area contributed by atoms with Crippen LogP contribution in [0.2, 0.25) is 0 Å². The molecular formula is C25H26N2. The number of H-pyrrole nitrogens is 1. The summed E-state index contributed by atoms with van der Waals surface area (Å²) >= 11 is 0. The van der Waals surface area contributed by atoms with Gasteiger partial charge in [-0.15, -0.1) is 0 Å². The second kappa shape index (κ2) is 7.79. The summed E-state index contributed by atoms with van der Waals surface area (Å²) in [5, 5.41) is 2.48. The average molecular weight is 354 g/mol. The number of nitrogens with zero attached hydrogens (tertiary/aromatic N) is 1. The van der Waals surface area contributed by atoms with Gasteiger partial charge in [0, 0.05) is 16.8 Å². The van der Waals surface area contributed by atoms with Gasteiger partial charge in [0.1, 0.15) is 5.82 Å². The number of unbranched alkanes of at least 4 members (excludes halogenated alkanes) is 1. The van der Waals surface area contributed by atoms with E-state index >= 15 is 0 Å². The van der Waals surface area contributed by atoms with Crippen molar-refractivity contribution in [3.63, 3.8) is 0 Å². The van der Waals surface area contributed by atoms with Gasteiger partial charge in [-0.05, 0) is 23.1 Å². The molecule has 4 rings (SSSR count). The topological polar surface area (TPSA) is 28.7 Å². The van der Waals surface area contributed by atoms with Crippen LogP contribution in [0.3, 0.4) is 0 Å². The van der Waals surface area contributed by atoms with Gasteiger partial charge >= 0.3 is 0 Å². The Bertz CT molecular complexity index is 1030. The molecule has 0 aliphatic rings.